The molecule has 0 aliphatic heterocycles. The lowest BCUT2D eigenvalue weighted by atomic mass is 9.94. The molecular weight excluding hydrogens is 256 g/mol. The number of esters is 1. The van der Waals surface area contributed by atoms with Gasteiger partial charge in [0.15, 0.2) is 6.10 Å². The molecule has 118 valence electrons. The van der Waals surface area contributed by atoms with E-state index in [-0.39, 0.29) is 30.3 Å². The van der Waals surface area contributed by atoms with Crippen LogP contribution in [0, 0.1) is 11.8 Å². The van der Waals surface area contributed by atoms with Crippen LogP contribution < -0.4 is 5.73 Å². The van der Waals surface area contributed by atoms with Gasteiger partial charge in [0.25, 0.3) is 5.91 Å². The Balaban J connectivity index is 4.34. The number of ether oxygens (including phenoxy) is 1. The molecule has 20 heavy (non-hydrogen) atoms. The molecule has 5 heteroatoms. The molecule has 0 fully saturated rings. The summed E-state index contributed by atoms with van der Waals surface area (Å²) < 4.78 is 5.21. The van der Waals surface area contributed by atoms with Crippen LogP contribution in [0.15, 0.2) is 0 Å². The maximum Gasteiger partial charge on any atom is 0.306 e. The Morgan fingerprint density at radius 3 is 2.10 bits per heavy atom. The van der Waals surface area contributed by atoms with Crippen molar-refractivity contribution in [3.05, 3.63) is 0 Å². The zero-order valence-electron chi connectivity index (χ0n) is 13.7. The van der Waals surface area contributed by atoms with Crippen molar-refractivity contribution in [2.75, 3.05) is 13.6 Å². The van der Waals surface area contributed by atoms with Gasteiger partial charge in [-0.1, -0.05) is 13.8 Å². The predicted octanol–water partition coefficient (Wildman–Crippen LogP) is 1.80. The molecule has 1 unspecified atom stereocenters. The highest BCUT2D eigenvalue weighted by Gasteiger charge is 2.24. The van der Waals surface area contributed by atoms with E-state index in [9.17, 15) is 9.59 Å². The fourth-order valence-electron chi connectivity index (χ4n) is 2.00. The number of carbonyl (C=O) groups excluding carboxylic acids is 2. The minimum absolute atomic E-state index is 0.0846. The van der Waals surface area contributed by atoms with Crippen molar-refractivity contribution >= 4 is 11.9 Å². The van der Waals surface area contributed by atoms with Crippen LogP contribution in [0.1, 0.15) is 47.5 Å². The molecule has 0 rings (SSSR count). The van der Waals surface area contributed by atoms with Gasteiger partial charge in [-0.15, -0.1) is 0 Å². The van der Waals surface area contributed by atoms with Crippen LogP contribution in [-0.4, -0.2) is 42.5 Å². The first kappa shape index (κ1) is 18.9. The molecule has 0 aromatic rings. The standard InChI is InChI=1S/C15H30N2O3/c1-10(2)7-13(9-16)8-14(18)20-12(5)15(19)17(6)11(3)4/h10-13H,7-9,16H2,1-6H3/t12?,13-/m0/s1. The smallest absolute Gasteiger partial charge is 0.306 e. The maximum absolute atomic E-state index is 12.0. The first-order valence-electron chi connectivity index (χ1n) is 7.35. The van der Waals surface area contributed by atoms with Crippen molar-refractivity contribution in [3.8, 4) is 0 Å². The summed E-state index contributed by atoms with van der Waals surface area (Å²) in [5.74, 6) is 0.0794. The van der Waals surface area contributed by atoms with Gasteiger partial charge in [-0.3, -0.25) is 9.59 Å². The average Bonchev–Trinajstić information content (AvgIpc) is 2.34. The number of likely N-dealkylation sites (N-methyl/N-ethyl adjacent to an activating group) is 1. The summed E-state index contributed by atoms with van der Waals surface area (Å²) in [6, 6.07) is 0.0846. The van der Waals surface area contributed by atoms with Gasteiger partial charge in [0, 0.05) is 19.5 Å². The van der Waals surface area contributed by atoms with Gasteiger partial charge in [0.1, 0.15) is 0 Å². The number of rotatable bonds is 8. The molecule has 0 saturated carbocycles. The Kier molecular flexibility index (Phi) is 8.46. The van der Waals surface area contributed by atoms with E-state index in [1.165, 1.54) is 0 Å². The summed E-state index contributed by atoms with van der Waals surface area (Å²) in [5.41, 5.74) is 5.66. The molecular formula is C15H30N2O3. The van der Waals surface area contributed by atoms with Crippen molar-refractivity contribution in [1.29, 1.82) is 0 Å². The number of carbonyl (C=O) groups is 2. The Morgan fingerprint density at radius 2 is 1.70 bits per heavy atom. The Bertz CT molecular complexity index is 316. The lowest BCUT2D eigenvalue weighted by molar-refractivity contribution is -0.160. The van der Waals surface area contributed by atoms with Crippen LogP contribution in [-0.2, 0) is 14.3 Å². The maximum atomic E-state index is 12.0. The van der Waals surface area contributed by atoms with E-state index in [1.807, 2.05) is 13.8 Å². The monoisotopic (exact) mass is 286 g/mol. The van der Waals surface area contributed by atoms with Crippen molar-refractivity contribution in [2.45, 2.75) is 59.6 Å². The van der Waals surface area contributed by atoms with Crippen molar-refractivity contribution in [3.63, 3.8) is 0 Å². The Labute approximate surface area is 122 Å². The normalized spacial score (nSPS) is 14.2. The zero-order chi connectivity index (χ0) is 15.9. The van der Waals surface area contributed by atoms with Crippen LogP contribution in [0.3, 0.4) is 0 Å². The fourth-order valence-corrected chi connectivity index (χ4v) is 2.00. The summed E-state index contributed by atoms with van der Waals surface area (Å²) >= 11 is 0. The van der Waals surface area contributed by atoms with E-state index in [2.05, 4.69) is 13.8 Å². The van der Waals surface area contributed by atoms with E-state index < -0.39 is 6.10 Å². The largest absolute Gasteiger partial charge is 0.453 e. The number of hydrogen-bond acceptors (Lipinski definition) is 4. The molecule has 0 radical (unpaired) electrons. The molecule has 5 nitrogen and oxygen atoms in total. The summed E-state index contributed by atoms with van der Waals surface area (Å²) in [6.45, 7) is 10.1. The van der Waals surface area contributed by atoms with Gasteiger partial charge in [-0.2, -0.15) is 0 Å². The van der Waals surface area contributed by atoms with Crippen molar-refractivity contribution in [2.24, 2.45) is 17.6 Å². The second kappa shape index (κ2) is 8.95. The van der Waals surface area contributed by atoms with Gasteiger partial charge < -0.3 is 15.4 Å². The van der Waals surface area contributed by atoms with E-state index in [0.717, 1.165) is 6.42 Å². The summed E-state index contributed by atoms with van der Waals surface area (Å²) in [7, 11) is 1.71. The highest BCUT2D eigenvalue weighted by Crippen LogP contribution is 2.15. The molecule has 0 bridgehead atoms. The highest BCUT2D eigenvalue weighted by molar-refractivity contribution is 5.83. The first-order chi connectivity index (χ1) is 9.18. The van der Waals surface area contributed by atoms with Crippen molar-refractivity contribution < 1.29 is 14.3 Å². The van der Waals surface area contributed by atoms with Gasteiger partial charge in [0.2, 0.25) is 0 Å². The third kappa shape index (κ3) is 6.89. The molecule has 0 aromatic heterocycles. The topological polar surface area (TPSA) is 72.6 Å². The third-order valence-corrected chi connectivity index (χ3v) is 3.37. The summed E-state index contributed by atoms with van der Waals surface area (Å²) in [4.78, 5) is 25.4. The van der Waals surface area contributed by atoms with E-state index in [1.54, 1.807) is 18.9 Å². The lowest BCUT2D eigenvalue weighted by Gasteiger charge is -2.25. The Hall–Kier alpha value is -1.10. The second-order valence-electron chi connectivity index (χ2n) is 6.11. The average molecular weight is 286 g/mol. The van der Waals surface area contributed by atoms with Crippen LogP contribution in [0.2, 0.25) is 0 Å². The minimum atomic E-state index is -0.743. The molecule has 0 aromatic carbocycles. The molecule has 0 aliphatic rings. The number of amides is 1. The van der Waals surface area contributed by atoms with E-state index >= 15 is 0 Å². The predicted molar refractivity (Wildman–Crippen MR) is 80.1 cm³/mol. The van der Waals surface area contributed by atoms with Crippen LogP contribution in [0.5, 0.6) is 0 Å². The molecule has 0 aliphatic carbocycles. The molecule has 0 spiro atoms. The van der Waals surface area contributed by atoms with Crippen molar-refractivity contribution in [1.82, 2.24) is 4.90 Å². The lowest BCUT2D eigenvalue weighted by Crippen LogP contribution is -2.41. The second-order valence-corrected chi connectivity index (χ2v) is 6.11. The fraction of sp³-hybridized carbons (Fsp3) is 0.867. The van der Waals surface area contributed by atoms with Gasteiger partial charge in [-0.05, 0) is 45.6 Å². The molecule has 2 atom stereocenters. The zero-order valence-corrected chi connectivity index (χ0v) is 13.7. The number of nitrogens with two attached hydrogens (primary N) is 1. The van der Waals surface area contributed by atoms with Gasteiger partial charge in [-0.25, -0.2) is 0 Å². The molecule has 0 heterocycles. The molecule has 2 N–H and O–H groups in total. The highest BCUT2D eigenvalue weighted by atomic mass is 16.5. The Morgan fingerprint density at radius 1 is 1.15 bits per heavy atom. The van der Waals surface area contributed by atoms with Crippen LogP contribution in [0.25, 0.3) is 0 Å². The summed E-state index contributed by atoms with van der Waals surface area (Å²) in [6.07, 6.45) is 0.421. The van der Waals surface area contributed by atoms with Gasteiger partial charge in [0.05, 0.1) is 0 Å². The SMILES string of the molecule is CC(C)C[C@H](CN)CC(=O)OC(C)C(=O)N(C)C(C)C. The van der Waals surface area contributed by atoms with Crippen LogP contribution >= 0.6 is 0 Å². The quantitative estimate of drug-likeness (QED) is 0.691. The molecule has 0 saturated heterocycles. The number of nitrogens with zero attached hydrogens (tertiary/aromatic N) is 1. The summed E-state index contributed by atoms with van der Waals surface area (Å²) in [5, 5.41) is 0. The third-order valence-electron chi connectivity index (χ3n) is 3.37. The van der Waals surface area contributed by atoms with Crippen LogP contribution in [0.4, 0.5) is 0 Å². The molecule has 1 amide bonds. The first-order valence-corrected chi connectivity index (χ1v) is 7.35. The van der Waals surface area contributed by atoms with Gasteiger partial charge >= 0.3 is 5.97 Å². The number of hydrogen-bond donors (Lipinski definition) is 1. The van der Waals surface area contributed by atoms with E-state index in [0.29, 0.717) is 12.5 Å². The van der Waals surface area contributed by atoms with E-state index in [4.69, 9.17) is 10.5 Å². The minimum Gasteiger partial charge on any atom is -0.453 e.